The number of unbranched alkanes of at least 4 members (excludes halogenated alkanes) is 1. The largest absolute Gasteiger partial charge is 0.466 e. The molecule has 1 aliphatic rings. The number of allylic oxidation sites excluding steroid dienone is 1. The van der Waals surface area contributed by atoms with E-state index in [1.165, 1.54) is 5.56 Å². The minimum Gasteiger partial charge on any atom is -0.466 e. The van der Waals surface area contributed by atoms with Crippen LogP contribution in [0.25, 0.3) is 0 Å². The Hall–Kier alpha value is -1.43. The van der Waals surface area contributed by atoms with E-state index in [0.717, 1.165) is 38.5 Å². The SMILES string of the molecule is CCOC(=O)C[C@]1(O)CCC[C@@H](C=CC(CCCCc2ccccc2)O[Si](C)(C)C(C)(C)C)C1. The third kappa shape index (κ3) is 9.67. The maximum absolute atomic E-state index is 12.0. The van der Waals surface area contributed by atoms with Gasteiger partial charge in [-0.25, -0.2) is 0 Å². The third-order valence-corrected chi connectivity index (χ3v) is 12.0. The Balaban J connectivity index is 2.00. The van der Waals surface area contributed by atoms with E-state index in [1.807, 2.05) is 0 Å². The summed E-state index contributed by atoms with van der Waals surface area (Å²) < 4.78 is 11.9. The van der Waals surface area contributed by atoms with Crippen molar-refractivity contribution in [3.63, 3.8) is 0 Å². The Bertz CT molecular complexity index is 768. The van der Waals surface area contributed by atoms with E-state index in [-0.39, 0.29) is 29.5 Å². The molecular formula is C29H48O4Si. The van der Waals surface area contributed by atoms with Crippen LogP contribution in [-0.2, 0) is 20.4 Å². The molecule has 1 aromatic carbocycles. The minimum atomic E-state index is -1.90. The van der Waals surface area contributed by atoms with Gasteiger partial charge in [-0.15, -0.1) is 0 Å². The van der Waals surface area contributed by atoms with Crippen LogP contribution in [0.3, 0.4) is 0 Å². The number of hydrogen-bond acceptors (Lipinski definition) is 4. The molecule has 1 N–H and O–H groups in total. The third-order valence-electron chi connectivity index (χ3n) is 7.53. The van der Waals surface area contributed by atoms with Gasteiger partial charge in [-0.3, -0.25) is 4.79 Å². The zero-order valence-electron chi connectivity index (χ0n) is 22.4. The van der Waals surface area contributed by atoms with Crippen molar-refractivity contribution in [3.05, 3.63) is 48.0 Å². The average Bonchev–Trinajstić information content (AvgIpc) is 2.74. The lowest BCUT2D eigenvalue weighted by molar-refractivity contribution is -0.150. The molecule has 0 bridgehead atoms. The van der Waals surface area contributed by atoms with Gasteiger partial charge in [0.25, 0.3) is 0 Å². The first-order chi connectivity index (χ1) is 15.9. The predicted octanol–water partition coefficient (Wildman–Crippen LogP) is 7.22. The molecule has 1 unspecified atom stereocenters. The summed E-state index contributed by atoms with van der Waals surface area (Å²) in [6.45, 7) is 13.6. The Morgan fingerprint density at radius 3 is 2.59 bits per heavy atom. The van der Waals surface area contributed by atoms with Crippen molar-refractivity contribution in [2.24, 2.45) is 5.92 Å². The van der Waals surface area contributed by atoms with Crippen molar-refractivity contribution in [2.75, 3.05) is 6.61 Å². The van der Waals surface area contributed by atoms with Gasteiger partial charge in [0, 0.05) is 0 Å². The van der Waals surface area contributed by atoms with E-state index >= 15 is 0 Å². The second-order valence-electron chi connectivity index (χ2n) is 11.6. The Labute approximate surface area is 209 Å². The average molecular weight is 489 g/mol. The lowest BCUT2D eigenvalue weighted by Crippen LogP contribution is -2.43. The maximum atomic E-state index is 12.0. The molecule has 0 aliphatic heterocycles. The highest BCUT2D eigenvalue weighted by atomic mass is 28.4. The number of aliphatic hydroxyl groups is 1. The van der Waals surface area contributed by atoms with Crippen molar-refractivity contribution < 1.29 is 19.1 Å². The van der Waals surface area contributed by atoms with E-state index < -0.39 is 13.9 Å². The molecule has 1 fully saturated rings. The van der Waals surface area contributed by atoms with Crippen molar-refractivity contribution in [2.45, 2.75) is 115 Å². The van der Waals surface area contributed by atoms with E-state index in [0.29, 0.717) is 19.4 Å². The summed E-state index contributed by atoms with van der Waals surface area (Å²) >= 11 is 0. The molecule has 34 heavy (non-hydrogen) atoms. The quantitative estimate of drug-likeness (QED) is 0.146. The fourth-order valence-corrected chi connectivity index (χ4v) is 5.85. The topological polar surface area (TPSA) is 55.8 Å². The van der Waals surface area contributed by atoms with Crippen LogP contribution in [-0.4, -0.2) is 37.7 Å². The number of hydrogen-bond donors (Lipinski definition) is 1. The number of ether oxygens (including phenoxy) is 1. The molecule has 192 valence electrons. The number of benzene rings is 1. The van der Waals surface area contributed by atoms with Crippen LogP contribution in [0.5, 0.6) is 0 Å². The zero-order chi connectivity index (χ0) is 25.2. The second kappa shape index (κ2) is 13.0. The molecule has 1 aliphatic carbocycles. The monoisotopic (exact) mass is 488 g/mol. The van der Waals surface area contributed by atoms with Gasteiger partial charge in [-0.2, -0.15) is 0 Å². The number of carbonyl (C=O) groups is 1. The van der Waals surface area contributed by atoms with E-state index in [9.17, 15) is 9.90 Å². The summed E-state index contributed by atoms with van der Waals surface area (Å²) in [5.41, 5.74) is 0.438. The van der Waals surface area contributed by atoms with Gasteiger partial charge in [0.2, 0.25) is 0 Å². The smallest absolute Gasteiger partial charge is 0.308 e. The standard InChI is InChI=1S/C29H48O4Si/c1-7-32-27(30)23-29(31)21-13-17-25(22-29)19-20-26(33-34(5,6)28(2,3)4)18-12-11-16-24-14-9-8-10-15-24/h8-10,14-15,19-20,25-26,31H,7,11-13,16-18,21-23H2,1-6H3/t25-,26?,29-/m0/s1. The molecule has 2 rings (SSSR count). The maximum Gasteiger partial charge on any atom is 0.308 e. The molecule has 0 aromatic heterocycles. The van der Waals surface area contributed by atoms with Crippen LogP contribution in [0.4, 0.5) is 0 Å². The minimum absolute atomic E-state index is 0.0918. The van der Waals surface area contributed by atoms with Gasteiger partial charge in [0.1, 0.15) is 0 Å². The molecule has 1 aromatic rings. The van der Waals surface area contributed by atoms with Crippen LogP contribution in [0.1, 0.15) is 84.6 Å². The number of rotatable bonds is 12. The summed E-state index contributed by atoms with van der Waals surface area (Å²) in [6, 6.07) is 10.7. The molecule has 0 spiro atoms. The van der Waals surface area contributed by atoms with Crippen molar-refractivity contribution >= 4 is 14.3 Å². The summed E-state index contributed by atoms with van der Waals surface area (Å²) in [5.74, 6) is -0.0322. The molecule has 0 heterocycles. The van der Waals surface area contributed by atoms with Gasteiger partial charge >= 0.3 is 5.97 Å². The number of esters is 1. The van der Waals surface area contributed by atoms with E-state index in [1.54, 1.807) is 6.92 Å². The van der Waals surface area contributed by atoms with Gasteiger partial charge in [0.15, 0.2) is 8.32 Å². The first kappa shape index (κ1) is 28.8. The first-order valence-corrected chi connectivity index (χ1v) is 16.1. The lowest BCUT2D eigenvalue weighted by atomic mass is 9.76. The molecule has 3 atom stereocenters. The van der Waals surface area contributed by atoms with Crippen LogP contribution >= 0.6 is 0 Å². The molecule has 0 saturated heterocycles. The Kier molecular flexibility index (Phi) is 11.0. The molecule has 4 nitrogen and oxygen atoms in total. The van der Waals surface area contributed by atoms with Crippen molar-refractivity contribution in [3.8, 4) is 0 Å². The number of carbonyl (C=O) groups excluding carboxylic acids is 1. The highest BCUT2D eigenvalue weighted by molar-refractivity contribution is 6.74. The Morgan fingerprint density at radius 2 is 1.94 bits per heavy atom. The van der Waals surface area contributed by atoms with Crippen molar-refractivity contribution in [1.82, 2.24) is 0 Å². The zero-order valence-corrected chi connectivity index (χ0v) is 23.4. The van der Waals surface area contributed by atoms with Crippen LogP contribution in [0.2, 0.25) is 18.1 Å². The van der Waals surface area contributed by atoms with Gasteiger partial charge in [-0.1, -0.05) is 69.7 Å². The van der Waals surface area contributed by atoms with Crippen LogP contribution < -0.4 is 0 Å². The molecule has 0 radical (unpaired) electrons. The fourth-order valence-electron chi connectivity index (χ4n) is 4.54. The first-order valence-electron chi connectivity index (χ1n) is 13.2. The summed E-state index contributed by atoms with van der Waals surface area (Å²) in [6.07, 6.45) is 12.3. The molecule has 1 saturated carbocycles. The van der Waals surface area contributed by atoms with Crippen molar-refractivity contribution in [1.29, 1.82) is 0 Å². The highest BCUT2D eigenvalue weighted by Crippen LogP contribution is 2.39. The summed E-state index contributed by atoms with van der Waals surface area (Å²) in [7, 11) is -1.90. The summed E-state index contributed by atoms with van der Waals surface area (Å²) in [5, 5.41) is 11.2. The van der Waals surface area contributed by atoms with Gasteiger partial charge in [0.05, 0.1) is 24.7 Å². The highest BCUT2D eigenvalue weighted by Gasteiger charge is 2.39. The summed E-state index contributed by atoms with van der Waals surface area (Å²) in [4.78, 5) is 12.0. The number of aryl methyl sites for hydroxylation is 1. The lowest BCUT2D eigenvalue weighted by Gasteiger charge is -2.39. The molecule has 5 heteroatoms. The Morgan fingerprint density at radius 1 is 1.24 bits per heavy atom. The molecular weight excluding hydrogens is 440 g/mol. The van der Waals surface area contributed by atoms with Gasteiger partial charge in [-0.05, 0) is 81.5 Å². The normalized spacial score (nSPS) is 22.6. The molecule has 0 amide bonds. The van der Waals surface area contributed by atoms with E-state index in [4.69, 9.17) is 9.16 Å². The fraction of sp³-hybridized carbons (Fsp3) is 0.690. The van der Waals surface area contributed by atoms with Gasteiger partial charge < -0.3 is 14.3 Å². The van der Waals surface area contributed by atoms with Crippen LogP contribution in [0, 0.1) is 5.92 Å². The second-order valence-corrected chi connectivity index (χ2v) is 16.4. The van der Waals surface area contributed by atoms with E-state index in [2.05, 4.69) is 76.3 Å². The van der Waals surface area contributed by atoms with Crippen LogP contribution in [0.15, 0.2) is 42.5 Å². The predicted molar refractivity (Wildman–Crippen MR) is 143 cm³/mol.